The summed E-state index contributed by atoms with van der Waals surface area (Å²) in [5.41, 5.74) is 1.04. The number of carbonyl (C=O) groups excluding carboxylic acids is 1. The summed E-state index contributed by atoms with van der Waals surface area (Å²) >= 11 is 0. The third kappa shape index (κ3) is 22.3. The van der Waals surface area contributed by atoms with E-state index in [4.69, 9.17) is 13.8 Å². The van der Waals surface area contributed by atoms with Gasteiger partial charge in [-0.05, 0) is 42.9 Å². The normalized spacial score (nSPS) is 14.0. The molecule has 2 atom stereocenters. The number of rotatable bonds is 28. The summed E-state index contributed by atoms with van der Waals surface area (Å²) in [6.07, 6.45) is 18.7. The van der Waals surface area contributed by atoms with Crippen molar-refractivity contribution in [2.24, 2.45) is 5.92 Å². The van der Waals surface area contributed by atoms with Crippen LogP contribution in [0.1, 0.15) is 122 Å². The van der Waals surface area contributed by atoms with E-state index in [0.29, 0.717) is 25.7 Å². The van der Waals surface area contributed by atoms with E-state index in [1.54, 1.807) is 0 Å². The van der Waals surface area contributed by atoms with Crippen molar-refractivity contribution in [1.82, 2.24) is 0 Å². The van der Waals surface area contributed by atoms with Gasteiger partial charge in [-0.1, -0.05) is 96.6 Å². The number of phosphoric ester groups is 1. The number of phosphoric acid groups is 1. The first-order chi connectivity index (χ1) is 20.0. The number of unbranched alkanes of at least 4 members (excludes halogenated alkanes) is 11. The lowest BCUT2D eigenvalue weighted by molar-refractivity contribution is -0.870. The summed E-state index contributed by atoms with van der Waals surface area (Å²) in [6.45, 7) is 5.94. The van der Waals surface area contributed by atoms with Crippen LogP contribution in [0.4, 0.5) is 0 Å². The summed E-state index contributed by atoms with van der Waals surface area (Å²) in [4.78, 5) is 22.5. The zero-order chi connectivity index (χ0) is 31.1. The molecule has 0 aliphatic heterocycles. The maximum atomic E-state index is 12.4. The first-order valence-electron chi connectivity index (χ1n) is 16.7. The molecule has 0 radical (unpaired) electrons. The summed E-state index contributed by atoms with van der Waals surface area (Å²) in [5.74, 6) is 0.788. The Morgan fingerprint density at radius 3 is 1.90 bits per heavy atom. The van der Waals surface area contributed by atoms with E-state index in [-0.39, 0.29) is 24.9 Å². The van der Waals surface area contributed by atoms with Crippen LogP contribution in [0.25, 0.3) is 0 Å². The molecule has 1 aromatic carbocycles. The highest BCUT2D eigenvalue weighted by Gasteiger charge is 2.25. The number of ketones is 1. The first-order valence-corrected chi connectivity index (χ1v) is 18.2. The van der Waals surface area contributed by atoms with Crippen molar-refractivity contribution in [2.75, 3.05) is 47.5 Å². The molecule has 2 unspecified atom stereocenters. The lowest BCUT2D eigenvalue weighted by Crippen LogP contribution is -2.35. The zero-order valence-corrected chi connectivity index (χ0v) is 28.5. The average molecular weight is 613 g/mol. The van der Waals surface area contributed by atoms with Crippen molar-refractivity contribution < 1.29 is 32.5 Å². The average Bonchev–Trinajstić information content (AvgIpc) is 2.93. The molecule has 1 rings (SSSR count). The van der Waals surface area contributed by atoms with Gasteiger partial charge in [0.05, 0.1) is 47.5 Å². The van der Waals surface area contributed by atoms with Crippen LogP contribution >= 0.6 is 7.82 Å². The van der Waals surface area contributed by atoms with Crippen molar-refractivity contribution in [2.45, 2.75) is 123 Å². The molecule has 0 aromatic heterocycles. The van der Waals surface area contributed by atoms with Crippen LogP contribution < -0.4 is 4.74 Å². The van der Waals surface area contributed by atoms with Gasteiger partial charge in [0.2, 0.25) is 0 Å². The molecule has 8 heteroatoms. The van der Waals surface area contributed by atoms with Crippen LogP contribution in [0.3, 0.4) is 0 Å². The second-order valence-electron chi connectivity index (χ2n) is 12.9. The Kier molecular flexibility index (Phi) is 21.4. The van der Waals surface area contributed by atoms with Gasteiger partial charge in [0.1, 0.15) is 11.5 Å². The van der Waals surface area contributed by atoms with Crippen molar-refractivity contribution >= 4 is 13.6 Å². The predicted molar refractivity (Wildman–Crippen MR) is 174 cm³/mol. The topological polar surface area (TPSA) is 82.1 Å². The molecule has 0 fully saturated rings. The van der Waals surface area contributed by atoms with E-state index in [9.17, 15) is 14.3 Å². The Bertz CT molecular complexity index is 855. The molecule has 1 N–H and O–H groups in total. The number of hydrogen-bond donors (Lipinski definition) is 1. The molecular formula is C34H63NO6P+. The summed E-state index contributed by atoms with van der Waals surface area (Å²) in [6, 6.07) is 7.95. The molecule has 42 heavy (non-hydrogen) atoms. The second kappa shape index (κ2) is 23.2. The Hall–Kier alpha value is -1.24. The van der Waals surface area contributed by atoms with E-state index in [0.717, 1.165) is 41.8 Å². The third-order valence-corrected chi connectivity index (χ3v) is 8.44. The molecule has 0 saturated heterocycles. The molecular weight excluding hydrogens is 549 g/mol. The predicted octanol–water partition coefficient (Wildman–Crippen LogP) is 8.91. The highest BCUT2D eigenvalue weighted by molar-refractivity contribution is 7.47. The number of benzene rings is 1. The van der Waals surface area contributed by atoms with Gasteiger partial charge < -0.3 is 14.1 Å². The van der Waals surface area contributed by atoms with Gasteiger partial charge in [0.15, 0.2) is 0 Å². The minimum atomic E-state index is -4.17. The van der Waals surface area contributed by atoms with E-state index >= 15 is 0 Å². The van der Waals surface area contributed by atoms with Crippen molar-refractivity contribution in [3.05, 3.63) is 29.8 Å². The Morgan fingerprint density at radius 2 is 1.36 bits per heavy atom. The van der Waals surface area contributed by atoms with Crippen LogP contribution in [0.15, 0.2) is 24.3 Å². The fraction of sp³-hybridized carbons (Fsp3) is 0.794. The standard InChI is InChI=1S/C34H62NO6P/c1-6-8-9-10-11-12-13-14-15-16-17-18-26-39-34-23-21-31(22-24-34)28-32(29-33(36)20-7-2)30-41-42(37,38)40-27-19-25-35(3,4)5/h21-24,32H,6-20,25-30H2,1-5H3/p+1. The lowest BCUT2D eigenvalue weighted by atomic mass is 9.94. The Labute approximate surface area is 257 Å². The van der Waals surface area contributed by atoms with Gasteiger partial charge in [0.25, 0.3) is 0 Å². The largest absolute Gasteiger partial charge is 0.494 e. The molecule has 0 aliphatic carbocycles. The minimum absolute atomic E-state index is 0.00419. The van der Waals surface area contributed by atoms with Crippen LogP contribution in [0, 0.1) is 5.92 Å². The number of nitrogens with zero attached hydrogens (tertiary/aromatic N) is 1. The highest BCUT2D eigenvalue weighted by atomic mass is 31.2. The molecule has 0 aliphatic rings. The van der Waals surface area contributed by atoms with Crippen molar-refractivity contribution in [1.29, 1.82) is 0 Å². The first kappa shape index (κ1) is 38.8. The van der Waals surface area contributed by atoms with Crippen molar-refractivity contribution in [3.8, 4) is 5.75 Å². The fourth-order valence-electron chi connectivity index (χ4n) is 5.04. The summed E-state index contributed by atoms with van der Waals surface area (Å²) in [5, 5.41) is 0. The van der Waals surface area contributed by atoms with Crippen molar-refractivity contribution in [3.63, 3.8) is 0 Å². The lowest BCUT2D eigenvalue weighted by Gasteiger charge is -2.24. The maximum Gasteiger partial charge on any atom is 0.472 e. The number of carbonyl (C=O) groups is 1. The number of quaternary nitrogens is 1. The molecule has 1 aromatic rings. The van der Waals surface area contributed by atoms with Crippen LogP contribution in [-0.4, -0.2) is 62.7 Å². The van der Waals surface area contributed by atoms with Gasteiger partial charge in [-0.2, -0.15) is 0 Å². The smallest absolute Gasteiger partial charge is 0.472 e. The Morgan fingerprint density at radius 1 is 0.786 bits per heavy atom. The number of hydrogen-bond acceptors (Lipinski definition) is 5. The third-order valence-electron chi connectivity index (χ3n) is 7.46. The van der Waals surface area contributed by atoms with Gasteiger partial charge in [-0.25, -0.2) is 4.57 Å². The Balaban J connectivity index is 2.37. The fourth-order valence-corrected chi connectivity index (χ4v) is 5.87. The molecule has 0 bridgehead atoms. The molecule has 0 spiro atoms. The zero-order valence-electron chi connectivity index (χ0n) is 27.6. The van der Waals surface area contributed by atoms with Crippen LogP contribution in [0.2, 0.25) is 0 Å². The van der Waals surface area contributed by atoms with E-state index in [1.165, 1.54) is 70.6 Å². The number of ether oxygens (including phenoxy) is 1. The van der Waals surface area contributed by atoms with Crippen LogP contribution in [0.5, 0.6) is 5.75 Å². The number of Topliss-reactive ketones (excluding diaryl/α,β-unsaturated/α-hetero) is 1. The van der Waals surface area contributed by atoms with E-state index < -0.39 is 7.82 Å². The second-order valence-corrected chi connectivity index (χ2v) is 14.4. The molecule has 7 nitrogen and oxygen atoms in total. The van der Waals surface area contributed by atoms with Gasteiger partial charge in [0, 0.05) is 19.3 Å². The van der Waals surface area contributed by atoms with E-state index in [1.807, 2.05) is 31.2 Å². The molecule has 0 amide bonds. The maximum absolute atomic E-state index is 12.4. The van der Waals surface area contributed by atoms with Crippen LogP contribution in [-0.2, 0) is 24.8 Å². The molecule has 244 valence electrons. The van der Waals surface area contributed by atoms with Gasteiger partial charge in [-0.15, -0.1) is 0 Å². The van der Waals surface area contributed by atoms with E-state index in [2.05, 4.69) is 28.1 Å². The van der Waals surface area contributed by atoms with Gasteiger partial charge >= 0.3 is 7.82 Å². The quantitative estimate of drug-likeness (QED) is 0.0578. The molecule has 0 heterocycles. The van der Waals surface area contributed by atoms with Gasteiger partial charge in [-0.3, -0.25) is 13.8 Å². The SMILES string of the molecule is CCCCCCCCCCCCCCOc1ccc(CC(COP(=O)(O)OCCC[N+](C)(C)C)CC(=O)CCC)cc1. The minimum Gasteiger partial charge on any atom is -0.494 e. The summed E-state index contributed by atoms with van der Waals surface area (Å²) in [7, 11) is 2.01. The molecule has 0 saturated carbocycles. The highest BCUT2D eigenvalue weighted by Crippen LogP contribution is 2.44. The monoisotopic (exact) mass is 612 g/mol. The summed E-state index contributed by atoms with van der Waals surface area (Å²) < 4.78 is 29.6.